The molecule has 0 saturated carbocycles. The number of benzene rings is 2. The molecule has 0 aliphatic carbocycles. The summed E-state index contributed by atoms with van der Waals surface area (Å²) in [6.07, 6.45) is 2.27. The minimum Gasteiger partial charge on any atom is -0.478 e. The van der Waals surface area contributed by atoms with Crippen molar-refractivity contribution in [3.63, 3.8) is 0 Å². The Kier molecular flexibility index (Phi) is 7.84. The predicted molar refractivity (Wildman–Crippen MR) is 145 cm³/mol. The van der Waals surface area contributed by atoms with Crippen LogP contribution in [-0.2, 0) is 10.0 Å². The number of hydrogen-bond donors (Lipinski definition) is 2. The summed E-state index contributed by atoms with van der Waals surface area (Å²) in [5, 5.41) is 0.673. The standard InChI is InChI=1S/C25H25Cl2FN4O4S/c1-14(21-19(26)7-8-20(28)22(21)27)36-24-23-17(12-30-25(24)29)18(13-35-23)15-5-4-6-16(11-15)31-37(33,34)10-9-32(2)3/h4-8,11-14,31H,9-10H2,1-3H3,(H2,29,30)/t14-/m1/s1. The SMILES string of the molecule is C[C@@H](Oc1c(N)ncc2c(-c3cccc(NS(=O)(=O)CCN(C)C)c3)coc12)c1c(Cl)ccc(F)c1Cl. The maximum atomic E-state index is 14.0. The summed E-state index contributed by atoms with van der Waals surface area (Å²) in [5.41, 5.74) is 8.42. The highest BCUT2D eigenvalue weighted by molar-refractivity contribution is 7.92. The second-order valence-electron chi connectivity index (χ2n) is 8.69. The molecular formula is C25H25Cl2FN4O4S. The predicted octanol–water partition coefficient (Wildman–Crippen LogP) is 5.97. The number of nitrogens with zero attached hydrogens (tertiary/aromatic N) is 2. The second kappa shape index (κ2) is 10.7. The van der Waals surface area contributed by atoms with Gasteiger partial charge in [0.15, 0.2) is 11.4 Å². The van der Waals surface area contributed by atoms with Crippen molar-refractivity contribution in [2.45, 2.75) is 13.0 Å². The van der Waals surface area contributed by atoms with E-state index in [0.717, 1.165) is 0 Å². The van der Waals surface area contributed by atoms with Crippen LogP contribution in [0.15, 0.2) is 53.3 Å². The van der Waals surface area contributed by atoms with Crippen molar-refractivity contribution >= 4 is 55.7 Å². The van der Waals surface area contributed by atoms with E-state index in [9.17, 15) is 12.8 Å². The van der Waals surface area contributed by atoms with Crippen LogP contribution in [0.3, 0.4) is 0 Å². The van der Waals surface area contributed by atoms with E-state index in [2.05, 4.69) is 9.71 Å². The zero-order valence-corrected chi connectivity index (χ0v) is 22.6. The molecule has 8 nitrogen and oxygen atoms in total. The van der Waals surface area contributed by atoms with Gasteiger partial charge in [0, 0.05) is 34.6 Å². The maximum absolute atomic E-state index is 14.0. The van der Waals surface area contributed by atoms with Crippen LogP contribution in [-0.4, -0.2) is 44.7 Å². The number of ether oxygens (including phenoxy) is 1. The number of halogens is 3. The van der Waals surface area contributed by atoms with Crippen molar-refractivity contribution in [1.82, 2.24) is 9.88 Å². The minimum atomic E-state index is -3.53. The van der Waals surface area contributed by atoms with Crippen molar-refractivity contribution in [3.05, 3.63) is 70.3 Å². The van der Waals surface area contributed by atoms with Gasteiger partial charge < -0.3 is 19.8 Å². The quantitative estimate of drug-likeness (QED) is 0.240. The van der Waals surface area contributed by atoms with Crippen molar-refractivity contribution in [1.29, 1.82) is 0 Å². The first-order valence-electron chi connectivity index (χ1n) is 11.2. The van der Waals surface area contributed by atoms with Gasteiger partial charge in [0.25, 0.3) is 0 Å². The molecule has 12 heteroatoms. The number of pyridine rings is 1. The Morgan fingerprint density at radius 3 is 2.73 bits per heavy atom. The number of fused-ring (bicyclic) bond motifs is 1. The van der Waals surface area contributed by atoms with Gasteiger partial charge in [0.05, 0.1) is 22.4 Å². The number of rotatable bonds is 9. The smallest absolute Gasteiger partial charge is 0.233 e. The molecule has 4 aromatic rings. The van der Waals surface area contributed by atoms with Crippen molar-refractivity contribution in [2.75, 3.05) is 36.8 Å². The fraction of sp³-hybridized carbons (Fsp3) is 0.240. The third-order valence-corrected chi connectivity index (χ3v) is 7.62. The zero-order valence-electron chi connectivity index (χ0n) is 20.3. The molecule has 37 heavy (non-hydrogen) atoms. The average molecular weight is 567 g/mol. The number of anilines is 2. The van der Waals surface area contributed by atoms with Gasteiger partial charge >= 0.3 is 0 Å². The molecule has 0 aliphatic rings. The molecule has 0 saturated heterocycles. The third-order valence-electron chi connectivity index (χ3n) is 5.64. The van der Waals surface area contributed by atoms with Crippen LogP contribution >= 0.6 is 23.2 Å². The molecule has 0 radical (unpaired) electrons. The summed E-state index contributed by atoms with van der Waals surface area (Å²) in [4.78, 5) is 6.03. The van der Waals surface area contributed by atoms with Gasteiger partial charge in [-0.25, -0.2) is 17.8 Å². The number of nitrogens with one attached hydrogen (secondary N) is 1. The number of aromatic nitrogens is 1. The third kappa shape index (κ3) is 5.93. The van der Waals surface area contributed by atoms with E-state index < -0.39 is 21.9 Å². The first-order chi connectivity index (χ1) is 17.5. The molecular weight excluding hydrogens is 542 g/mol. The molecule has 2 aromatic heterocycles. The van der Waals surface area contributed by atoms with E-state index in [4.69, 9.17) is 38.1 Å². The lowest BCUT2D eigenvalue weighted by Crippen LogP contribution is -2.26. The van der Waals surface area contributed by atoms with Gasteiger partial charge in [0.1, 0.15) is 11.9 Å². The average Bonchev–Trinajstić information content (AvgIpc) is 3.27. The fourth-order valence-corrected chi connectivity index (χ4v) is 5.62. The number of furan rings is 1. The van der Waals surface area contributed by atoms with Gasteiger partial charge in [-0.3, -0.25) is 4.72 Å². The molecule has 0 aliphatic heterocycles. The highest BCUT2D eigenvalue weighted by Gasteiger charge is 2.23. The molecule has 3 N–H and O–H groups in total. The van der Waals surface area contributed by atoms with Crippen LogP contribution in [0.4, 0.5) is 15.9 Å². The van der Waals surface area contributed by atoms with E-state index in [-0.39, 0.29) is 32.9 Å². The Morgan fingerprint density at radius 1 is 1.24 bits per heavy atom. The molecule has 196 valence electrons. The molecule has 1 atom stereocenters. The first kappa shape index (κ1) is 27.0. The molecule has 2 aromatic carbocycles. The largest absolute Gasteiger partial charge is 0.478 e. The second-order valence-corrected chi connectivity index (χ2v) is 11.3. The summed E-state index contributed by atoms with van der Waals surface area (Å²) in [7, 11) is 0.0807. The lowest BCUT2D eigenvalue weighted by Gasteiger charge is -2.18. The van der Waals surface area contributed by atoms with E-state index in [0.29, 0.717) is 34.3 Å². The summed E-state index contributed by atoms with van der Waals surface area (Å²) in [6, 6.07) is 9.48. The normalized spacial score (nSPS) is 12.7. The van der Waals surface area contributed by atoms with E-state index in [1.54, 1.807) is 44.1 Å². The van der Waals surface area contributed by atoms with Crippen LogP contribution in [0.5, 0.6) is 5.75 Å². The molecule has 0 spiro atoms. The Balaban J connectivity index is 1.67. The summed E-state index contributed by atoms with van der Waals surface area (Å²) < 4.78 is 53.4. The van der Waals surface area contributed by atoms with Crippen LogP contribution in [0.25, 0.3) is 22.1 Å². The van der Waals surface area contributed by atoms with Crippen LogP contribution in [0.1, 0.15) is 18.6 Å². The van der Waals surface area contributed by atoms with Gasteiger partial charge in [-0.2, -0.15) is 0 Å². The van der Waals surface area contributed by atoms with Gasteiger partial charge in [-0.15, -0.1) is 0 Å². The highest BCUT2D eigenvalue weighted by atomic mass is 35.5. The van der Waals surface area contributed by atoms with Crippen molar-refractivity contribution in [2.24, 2.45) is 0 Å². The molecule has 4 rings (SSSR count). The van der Waals surface area contributed by atoms with Gasteiger partial charge in [-0.05, 0) is 50.8 Å². The monoisotopic (exact) mass is 566 g/mol. The number of nitrogen functional groups attached to an aromatic ring is 1. The number of sulfonamides is 1. The lowest BCUT2D eigenvalue weighted by atomic mass is 10.1. The first-order valence-corrected chi connectivity index (χ1v) is 13.6. The molecule has 0 amide bonds. The Hall–Kier alpha value is -3.05. The van der Waals surface area contributed by atoms with E-state index in [1.807, 2.05) is 6.07 Å². The Morgan fingerprint density at radius 2 is 2.00 bits per heavy atom. The highest BCUT2D eigenvalue weighted by Crippen LogP contribution is 2.41. The molecule has 2 heterocycles. The number of nitrogens with two attached hydrogens (primary N) is 1. The zero-order chi connectivity index (χ0) is 26.9. The fourth-order valence-electron chi connectivity index (χ4n) is 3.75. The lowest BCUT2D eigenvalue weighted by molar-refractivity contribution is 0.227. The summed E-state index contributed by atoms with van der Waals surface area (Å²) in [6.45, 7) is 2.04. The van der Waals surface area contributed by atoms with Gasteiger partial charge in [0.2, 0.25) is 15.8 Å². The minimum absolute atomic E-state index is 0.0414. The van der Waals surface area contributed by atoms with E-state index in [1.165, 1.54) is 24.6 Å². The maximum Gasteiger partial charge on any atom is 0.233 e. The van der Waals surface area contributed by atoms with E-state index >= 15 is 0 Å². The van der Waals surface area contributed by atoms with Crippen LogP contribution in [0, 0.1) is 5.82 Å². The van der Waals surface area contributed by atoms with Crippen molar-refractivity contribution < 1.29 is 22.0 Å². The summed E-state index contributed by atoms with van der Waals surface area (Å²) >= 11 is 12.4. The Bertz CT molecular complexity index is 1560. The summed E-state index contributed by atoms with van der Waals surface area (Å²) in [5.74, 6) is -0.460. The van der Waals surface area contributed by atoms with Gasteiger partial charge in [-0.1, -0.05) is 35.3 Å². The topological polar surface area (TPSA) is 111 Å². The molecule has 0 bridgehead atoms. The molecule has 0 fully saturated rings. The van der Waals surface area contributed by atoms with Crippen LogP contribution in [0.2, 0.25) is 10.0 Å². The Labute approximate surface area is 224 Å². The van der Waals surface area contributed by atoms with Crippen molar-refractivity contribution in [3.8, 4) is 16.9 Å². The number of hydrogen-bond acceptors (Lipinski definition) is 7. The molecule has 0 unspecified atom stereocenters. The van der Waals surface area contributed by atoms with Crippen LogP contribution < -0.4 is 15.2 Å².